The Bertz CT molecular complexity index is 628. The zero-order valence-corrected chi connectivity index (χ0v) is 10.2. The lowest BCUT2D eigenvalue weighted by Gasteiger charge is -2.08. The Morgan fingerprint density at radius 1 is 1.44 bits per heavy atom. The van der Waals surface area contributed by atoms with E-state index in [1.54, 1.807) is 19.1 Å². The molecular weight excluding hydrogens is 257 g/mol. The van der Waals surface area contributed by atoms with Gasteiger partial charge in [0.05, 0.1) is 5.56 Å². The van der Waals surface area contributed by atoms with E-state index in [4.69, 9.17) is 16.7 Å². The number of hydrogen-bond donors (Lipinski definition) is 1. The fraction of sp³-hybridized carbons (Fsp3) is 0.0769. The molecule has 1 aromatic heterocycles. The van der Waals surface area contributed by atoms with E-state index in [1.807, 2.05) is 0 Å². The standard InChI is InChI=1S/C13H9ClFNO2/c1-7-9(3-2-4-11(7)15)8-5-10(13(17)18)12(14)16-6-8/h2-6H,1H3,(H,17,18). The average molecular weight is 266 g/mol. The summed E-state index contributed by atoms with van der Waals surface area (Å²) in [5, 5.41) is 8.88. The van der Waals surface area contributed by atoms with Crippen LogP contribution in [0.15, 0.2) is 30.5 Å². The molecule has 0 fully saturated rings. The number of pyridine rings is 1. The highest BCUT2D eigenvalue weighted by Crippen LogP contribution is 2.27. The fourth-order valence-corrected chi connectivity index (χ4v) is 1.85. The molecule has 1 N–H and O–H groups in total. The molecule has 5 heteroatoms. The van der Waals surface area contributed by atoms with Crippen molar-refractivity contribution in [2.75, 3.05) is 0 Å². The van der Waals surface area contributed by atoms with Gasteiger partial charge in [0, 0.05) is 11.8 Å². The van der Waals surface area contributed by atoms with E-state index in [0.29, 0.717) is 16.7 Å². The molecule has 2 rings (SSSR count). The largest absolute Gasteiger partial charge is 0.478 e. The number of rotatable bonds is 2. The third-order valence-corrected chi connectivity index (χ3v) is 2.95. The molecule has 0 unspecified atom stereocenters. The Balaban J connectivity index is 2.62. The first-order valence-corrected chi connectivity index (χ1v) is 5.53. The topological polar surface area (TPSA) is 50.2 Å². The molecule has 0 spiro atoms. The van der Waals surface area contributed by atoms with Crippen molar-refractivity contribution in [2.45, 2.75) is 6.92 Å². The fourth-order valence-electron chi connectivity index (χ4n) is 1.67. The maximum atomic E-state index is 13.4. The third kappa shape index (κ3) is 2.19. The van der Waals surface area contributed by atoms with E-state index in [9.17, 15) is 9.18 Å². The lowest BCUT2D eigenvalue weighted by Crippen LogP contribution is -2.00. The number of halogens is 2. The van der Waals surface area contributed by atoms with Gasteiger partial charge in [0.1, 0.15) is 11.0 Å². The van der Waals surface area contributed by atoms with E-state index < -0.39 is 5.97 Å². The Kier molecular flexibility index (Phi) is 3.30. The molecule has 0 amide bonds. The van der Waals surface area contributed by atoms with Crippen molar-refractivity contribution in [1.82, 2.24) is 4.98 Å². The van der Waals surface area contributed by atoms with Crippen LogP contribution >= 0.6 is 11.6 Å². The molecule has 18 heavy (non-hydrogen) atoms. The SMILES string of the molecule is Cc1c(F)cccc1-c1cnc(Cl)c(C(=O)O)c1. The summed E-state index contributed by atoms with van der Waals surface area (Å²) in [5.41, 5.74) is 1.46. The summed E-state index contributed by atoms with van der Waals surface area (Å²) < 4.78 is 13.4. The van der Waals surface area contributed by atoms with Gasteiger partial charge in [0.2, 0.25) is 0 Å². The second kappa shape index (κ2) is 4.74. The Hall–Kier alpha value is -1.94. The average Bonchev–Trinajstić information content (AvgIpc) is 2.33. The van der Waals surface area contributed by atoms with Crippen LogP contribution in [0.25, 0.3) is 11.1 Å². The molecule has 1 heterocycles. The van der Waals surface area contributed by atoms with Crippen LogP contribution in [0.3, 0.4) is 0 Å². The van der Waals surface area contributed by atoms with Crippen LogP contribution in [-0.4, -0.2) is 16.1 Å². The van der Waals surface area contributed by atoms with Crippen molar-refractivity contribution in [3.63, 3.8) is 0 Å². The molecule has 0 aliphatic rings. The van der Waals surface area contributed by atoms with Crippen LogP contribution in [0.2, 0.25) is 5.15 Å². The molecule has 0 radical (unpaired) electrons. The molecule has 0 bridgehead atoms. The smallest absolute Gasteiger partial charge is 0.338 e. The van der Waals surface area contributed by atoms with Crippen molar-refractivity contribution in [2.24, 2.45) is 0 Å². The first-order valence-electron chi connectivity index (χ1n) is 5.15. The van der Waals surface area contributed by atoms with E-state index >= 15 is 0 Å². The molecule has 3 nitrogen and oxygen atoms in total. The number of hydrogen-bond acceptors (Lipinski definition) is 2. The number of carboxylic acids is 1. The number of aromatic carboxylic acids is 1. The van der Waals surface area contributed by atoms with Gasteiger partial charge in [0.15, 0.2) is 0 Å². The normalized spacial score (nSPS) is 10.4. The van der Waals surface area contributed by atoms with Crippen molar-refractivity contribution in [3.05, 3.63) is 52.6 Å². The van der Waals surface area contributed by atoms with E-state index in [2.05, 4.69) is 4.98 Å². The molecule has 1 aromatic carbocycles. The molecule has 0 aliphatic carbocycles. The minimum atomic E-state index is -1.16. The third-order valence-electron chi connectivity index (χ3n) is 2.65. The van der Waals surface area contributed by atoms with Crippen molar-refractivity contribution < 1.29 is 14.3 Å². The first-order chi connectivity index (χ1) is 8.50. The maximum absolute atomic E-state index is 13.4. The van der Waals surface area contributed by atoms with Gasteiger partial charge >= 0.3 is 5.97 Å². The van der Waals surface area contributed by atoms with Crippen molar-refractivity contribution >= 4 is 17.6 Å². The van der Waals surface area contributed by atoms with Crippen LogP contribution in [0.1, 0.15) is 15.9 Å². The highest BCUT2D eigenvalue weighted by molar-refractivity contribution is 6.32. The minimum absolute atomic E-state index is 0.0830. The van der Waals surface area contributed by atoms with Crippen LogP contribution in [0, 0.1) is 12.7 Å². The predicted molar refractivity (Wildman–Crippen MR) is 66.3 cm³/mol. The van der Waals surface area contributed by atoms with Gasteiger partial charge in [-0.1, -0.05) is 23.7 Å². The minimum Gasteiger partial charge on any atom is -0.478 e. The number of aromatic nitrogens is 1. The van der Waals surface area contributed by atoms with Gasteiger partial charge < -0.3 is 5.11 Å². The molecule has 0 saturated heterocycles. The number of carbonyl (C=O) groups is 1. The van der Waals surface area contributed by atoms with E-state index in [0.717, 1.165) is 0 Å². The molecule has 92 valence electrons. The zero-order valence-electron chi connectivity index (χ0n) is 9.45. The zero-order chi connectivity index (χ0) is 13.3. The molecule has 2 aromatic rings. The second-order valence-electron chi connectivity index (χ2n) is 3.78. The Labute approximate surface area is 108 Å². The Morgan fingerprint density at radius 3 is 2.83 bits per heavy atom. The van der Waals surface area contributed by atoms with Crippen LogP contribution in [0.4, 0.5) is 4.39 Å². The summed E-state index contributed by atoms with van der Waals surface area (Å²) in [4.78, 5) is 14.8. The quantitative estimate of drug-likeness (QED) is 0.845. The monoisotopic (exact) mass is 265 g/mol. The van der Waals surface area contributed by atoms with Gasteiger partial charge in [-0.2, -0.15) is 0 Å². The lowest BCUT2D eigenvalue weighted by atomic mass is 10.0. The summed E-state index contributed by atoms with van der Waals surface area (Å²) in [6.07, 6.45) is 1.43. The van der Waals surface area contributed by atoms with Crippen LogP contribution in [0.5, 0.6) is 0 Å². The van der Waals surface area contributed by atoms with Crippen LogP contribution in [-0.2, 0) is 0 Å². The van der Waals surface area contributed by atoms with Gasteiger partial charge in [-0.15, -0.1) is 0 Å². The van der Waals surface area contributed by atoms with E-state index in [-0.39, 0.29) is 16.5 Å². The van der Waals surface area contributed by atoms with Gasteiger partial charge in [-0.05, 0) is 30.2 Å². The predicted octanol–water partition coefficient (Wildman–Crippen LogP) is 3.55. The molecule has 0 aliphatic heterocycles. The summed E-state index contributed by atoms with van der Waals surface area (Å²) in [7, 11) is 0. The lowest BCUT2D eigenvalue weighted by molar-refractivity contribution is 0.0696. The van der Waals surface area contributed by atoms with Crippen molar-refractivity contribution in [1.29, 1.82) is 0 Å². The summed E-state index contributed by atoms with van der Waals surface area (Å²) in [5.74, 6) is -1.51. The molecule has 0 saturated carbocycles. The summed E-state index contributed by atoms with van der Waals surface area (Å²) in [6.45, 7) is 1.62. The summed E-state index contributed by atoms with van der Waals surface area (Å²) >= 11 is 5.68. The maximum Gasteiger partial charge on any atom is 0.338 e. The summed E-state index contributed by atoms with van der Waals surface area (Å²) in [6, 6.07) is 6.00. The molecule has 0 atom stereocenters. The van der Waals surface area contributed by atoms with Gasteiger partial charge in [0.25, 0.3) is 0 Å². The first kappa shape index (κ1) is 12.5. The Morgan fingerprint density at radius 2 is 2.17 bits per heavy atom. The highest BCUT2D eigenvalue weighted by atomic mass is 35.5. The van der Waals surface area contributed by atoms with Crippen molar-refractivity contribution in [3.8, 4) is 11.1 Å². The number of nitrogens with zero attached hydrogens (tertiary/aromatic N) is 1. The highest BCUT2D eigenvalue weighted by Gasteiger charge is 2.13. The second-order valence-corrected chi connectivity index (χ2v) is 4.14. The van der Waals surface area contributed by atoms with E-state index in [1.165, 1.54) is 18.3 Å². The molecular formula is C13H9ClFNO2. The number of benzene rings is 1. The number of carboxylic acid groups (broad SMARTS) is 1. The van der Waals surface area contributed by atoms with Gasteiger partial charge in [-0.25, -0.2) is 14.2 Å². The van der Waals surface area contributed by atoms with Gasteiger partial charge in [-0.3, -0.25) is 0 Å². The van der Waals surface area contributed by atoms with Crippen LogP contribution < -0.4 is 0 Å².